The lowest BCUT2D eigenvalue weighted by Gasteiger charge is -2.27. The van der Waals surface area contributed by atoms with Gasteiger partial charge in [-0.2, -0.15) is 0 Å². The van der Waals surface area contributed by atoms with Crippen molar-refractivity contribution in [2.24, 2.45) is 0 Å². The van der Waals surface area contributed by atoms with E-state index in [1.165, 1.54) is 0 Å². The molecule has 3 aromatic rings. The molecule has 1 aromatic carbocycles. The highest BCUT2D eigenvalue weighted by atomic mass is 16.5. The van der Waals surface area contributed by atoms with Crippen molar-refractivity contribution in [3.63, 3.8) is 0 Å². The number of furan rings is 1. The Kier molecular flexibility index (Phi) is 4.07. The van der Waals surface area contributed by atoms with Crippen LogP contribution in [0.15, 0.2) is 26.0 Å². The van der Waals surface area contributed by atoms with Crippen molar-refractivity contribution < 1.29 is 18.4 Å². The van der Waals surface area contributed by atoms with E-state index in [0.29, 0.717) is 43.0 Å². The molecule has 1 fully saturated rings. The number of amides is 1. The van der Waals surface area contributed by atoms with Gasteiger partial charge in [0, 0.05) is 18.5 Å². The first-order valence-corrected chi connectivity index (χ1v) is 8.76. The summed E-state index contributed by atoms with van der Waals surface area (Å²) in [5, 5.41) is 1.79. The number of rotatable bonds is 2. The second-order valence-electron chi connectivity index (χ2n) is 6.85. The average Bonchev–Trinajstić information content (AvgIpc) is 3.01. The molecule has 1 aliphatic heterocycles. The molecule has 4 rings (SSSR count). The van der Waals surface area contributed by atoms with E-state index in [2.05, 4.69) is 0 Å². The monoisotopic (exact) mass is 355 g/mol. The second-order valence-corrected chi connectivity index (χ2v) is 6.85. The fourth-order valence-corrected chi connectivity index (χ4v) is 3.75. The van der Waals surface area contributed by atoms with Crippen LogP contribution >= 0.6 is 0 Å². The number of hydrogen-bond acceptors (Lipinski definition) is 5. The molecule has 0 aliphatic carbocycles. The average molecular weight is 355 g/mol. The van der Waals surface area contributed by atoms with E-state index in [1.807, 2.05) is 26.8 Å². The van der Waals surface area contributed by atoms with Gasteiger partial charge in [0.2, 0.25) is 5.91 Å². The number of ether oxygens (including phenoxy) is 1. The zero-order valence-electron chi connectivity index (χ0n) is 15.2. The van der Waals surface area contributed by atoms with Crippen LogP contribution in [0.1, 0.15) is 22.3 Å². The van der Waals surface area contributed by atoms with E-state index >= 15 is 0 Å². The third-order valence-electron chi connectivity index (χ3n) is 5.16. The number of carbonyl (C=O) groups excluding carboxylic acids is 1. The smallest absolute Gasteiger partial charge is 0.340 e. The van der Waals surface area contributed by atoms with Crippen molar-refractivity contribution in [1.29, 1.82) is 0 Å². The summed E-state index contributed by atoms with van der Waals surface area (Å²) in [6, 6.07) is 1.86. The summed E-state index contributed by atoms with van der Waals surface area (Å²) >= 11 is 0. The minimum absolute atomic E-state index is 0.0270. The minimum atomic E-state index is -0.460. The molecule has 26 heavy (non-hydrogen) atoms. The number of nitrogens with zero attached hydrogens (tertiary/aromatic N) is 1. The number of fused-ring (bicyclic) bond motifs is 3. The summed E-state index contributed by atoms with van der Waals surface area (Å²) in [5.41, 5.74) is 3.92. The molecule has 0 atom stereocenters. The predicted molar refractivity (Wildman–Crippen MR) is 97.6 cm³/mol. The van der Waals surface area contributed by atoms with E-state index in [0.717, 1.165) is 27.5 Å². The maximum Gasteiger partial charge on any atom is 0.340 e. The molecule has 0 radical (unpaired) electrons. The summed E-state index contributed by atoms with van der Waals surface area (Å²) < 4.78 is 16.6. The van der Waals surface area contributed by atoms with E-state index in [9.17, 15) is 9.59 Å². The van der Waals surface area contributed by atoms with Crippen LogP contribution in [0.25, 0.3) is 21.9 Å². The number of carbonyl (C=O) groups is 1. The molecule has 0 unspecified atom stereocenters. The molecule has 136 valence electrons. The zero-order valence-corrected chi connectivity index (χ0v) is 15.2. The van der Waals surface area contributed by atoms with Gasteiger partial charge in [0.25, 0.3) is 0 Å². The van der Waals surface area contributed by atoms with Gasteiger partial charge in [-0.05, 0) is 43.5 Å². The van der Waals surface area contributed by atoms with Crippen LogP contribution in [0.2, 0.25) is 0 Å². The van der Waals surface area contributed by atoms with Crippen molar-refractivity contribution in [3.05, 3.63) is 45.0 Å². The van der Waals surface area contributed by atoms with Gasteiger partial charge in [-0.15, -0.1) is 0 Å². The Morgan fingerprint density at radius 1 is 1.12 bits per heavy atom. The largest absolute Gasteiger partial charge is 0.463 e. The topological polar surface area (TPSA) is 72.9 Å². The van der Waals surface area contributed by atoms with Crippen molar-refractivity contribution in [3.8, 4) is 0 Å². The first-order valence-electron chi connectivity index (χ1n) is 8.76. The van der Waals surface area contributed by atoms with Gasteiger partial charge in [0.05, 0.1) is 36.8 Å². The Morgan fingerprint density at radius 3 is 2.58 bits per heavy atom. The quantitative estimate of drug-likeness (QED) is 0.661. The first-order chi connectivity index (χ1) is 12.5. The highest BCUT2D eigenvalue weighted by Crippen LogP contribution is 2.34. The lowest BCUT2D eigenvalue weighted by Crippen LogP contribution is -2.42. The van der Waals surface area contributed by atoms with Gasteiger partial charge >= 0.3 is 5.63 Å². The number of morpholine rings is 1. The van der Waals surface area contributed by atoms with Gasteiger partial charge in [0.15, 0.2) is 0 Å². The molecule has 0 saturated carbocycles. The third-order valence-corrected chi connectivity index (χ3v) is 5.16. The highest BCUT2D eigenvalue weighted by Gasteiger charge is 2.23. The van der Waals surface area contributed by atoms with Crippen LogP contribution in [0.5, 0.6) is 0 Å². The van der Waals surface area contributed by atoms with Gasteiger partial charge < -0.3 is 18.5 Å². The van der Waals surface area contributed by atoms with Crippen LogP contribution in [0, 0.1) is 20.8 Å². The number of aryl methyl sites for hydroxylation is 3. The molecular formula is C20H21NO5. The predicted octanol–water partition coefficient (Wildman–Crippen LogP) is 2.87. The molecule has 1 saturated heterocycles. The fourth-order valence-electron chi connectivity index (χ4n) is 3.75. The summed E-state index contributed by atoms with van der Waals surface area (Å²) in [6.45, 7) is 7.98. The maximum absolute atomic E-state index is 12.6. The molecule has 2 aromatic heterocycles. The Morgan fingerprint density at radius 2 is 1.85 bits per heavy atom. The molecule has 0 spiro atoms. The van der Waals surface area contributed by atoms with Crippen LogP contribution in [-0.4, -0.2) is 37.1 Å². The number of benzene rings is 1. The summed E-state index contributed by atoms with van der Waals surface area (Å²) in [4.78, 5) is 26.9. The maximum atomic E-state index is 12.6. The summed E-state index contributed by atoms with van der Waals surface area (Å²) in [5.74, 6) is -0.0815. The van der Waals surface area contributed by atoms with Gasteiger partial charge in [-0.3, -0.25) is 4.79 Å². The SMILES string of the molecule is Cc1coc2c1c(C)cc1oc(=O)c(CC(=O)N3CCOCC3)c(C)c12. The van der Waals surface area contributed by atoms with Crippen molar-refractivity contribution in [1.82, 2.24) is 4.90 Å². The molecule has 1 amide bonds. The van der Waals surface area contributed by atoms with E-state index in [1.54, 1.807) is 11.2 Å². The van der Waals surface area contributed by atoms with Crippen LogP contribution in [-0.2, 0) is 16.0 Å². The zero-order chi connectivity index (χ0) is 18.4. The van der Waals surface area contributed by atoms with Crippen molar-refractivity contribution >= 4 is 27.8 Å². The van der Waals surface area contributed by atoms with E-state index in [-0.39, 0.29) is 12.3 Å². The lowest BCUT2D eigenvalue weighted by atomic mass is 9.98. The Labute approximate surface area is 150 Å². The first kappa shape index (κ1) is 16.8. The van der Waals surface area contributed by atoms with Crippen LogP contribution in [0.3, 0.4) is 0 Å². The Bertz CT molecular complexity index is 1070. The number of hydrogen-bond donors (Lipinski definition) is 0. The Balaban J connectivity index is 1.85. The lowest BCUT2D eigenvalue weighted by molar-refractivity contribution is -0.134. The van der Waals surface area contributed by atoms with E-state index in [4.69, 9.17) is 13.6 Å². The van der Waals surface area contributed by atoms with E-state index < -0.39 is 5.63 Å². The second kappa shape index (κ2) is 6.29. The van der Waals surface area contributed by atoms with Gasteiger partial charge in [0.1, 0.15) is 11.2 Å². The highest BCUT2D eigenvalue weighted by molar-refractivity contribution is 6.07. The minimum Gasteiger partial charge on any atom is -0.463 e. The van der Waals surface area contributed by atoms with Crippen LogP contribution < -0.4 is 5.63 Å². The van der Waals surface area contributed by atoms with Crippen LogP contribution in [0.4, 0.5) is 0 Å². The molecule has 0 N–H and O–H groups in total. The molecule has 6 heteroatoms. The van der Waals surface area contributed by atoms with Crippen molar-refractivity contribution in [2.45, 2.75) is 27.2 Å². The molecule has 1 aliphatic rings. The fraction of sp³-hybridized carbons (Fsp3) is 0.400. The van der Waals surface area contributed by atoms with Gasteiger partial charge in [-0.25, -0.2) is 4.79 Å². The summed E-state index contributed by atoms with van der Waals surface area (Å²) in [7, 11) is 0. The molecule has 3 heterocycles. The van der Waals surface area contributed by atoms with Gasteiger partial charge in [-0.1, -0.05) is 0 Å². The molecular weight excluding hydrogens is 334 g/mol. The molecule has 0 bridgehead atoms. The summed E-state index contributed by atoms with van der Waals surface area (Å²) in [6.07, 6.45) is 1.74. The standard InChI is InChI=1S/C20H21NO5/c1-11-8-15-18(19-17(11)12(2)10-25-19)13(3)14(20(23)26-15)9-16(22)21-4-6-24-7-5-21/h8,10H,4-7,9H2,1-3H3. The van der Waals surface area contributed by atoms with Crippen molar-refractivity contribution in [2.75, 3.05) is 26.3 Å². The third kappa shape index (κ3) is 2.61. The Hall–Kier alpha value is -2.60. The normalized spacial score (nSPS) is 15.1. The molecule has 6 nitrogen and oxygen atoms in total.